The molecule has 1 aromatic heterocycles. The maximum atomic E-state index is 13.7. The summed E-state index contributed by atoms with van der Waals surface area (Å²) < 4.78 is 11.2. The van der Waals surface area contributed by atoms with Gasteiger partial charge in [0.2, 0.25) is 5.95 Å². The summed E-state index contributed by atoms with van der Waals surface area (Å²) in [7, 11) is 1.56. The van der Waals surface area contributed by atoms with Gasteiger partial charge in [0, 0.05) is 46.9 Å². The molecule has 1 saturated heterocycles. The SMILES string of the molecule is COc1c(-c2ccccc2Cl)cc2cnc(NC(C)C)nc2c1C(=O)N1CCOCC1. The van der Waals surface area contributed by atoms with E-state index < -0.39 is 0 Å². The van der Waals surface area contributed by atoms with Gasteiger partial charge in [0.05, 0.1) is 25.8 Å². The number of hydrogen-bond acceptors (Lipinski definition) is 6. The number of benzene rings is 2. The summed E-state index contributed by atoms with van der Waals surface area (Å²) in [6.45, 7) is 6.06. The first-order valence-electron chi connectivity index (χ1n) is 10.3. The molecule has 1 amide bonds. The molecule has 7 nitrogen and oxygen atoms in total. The summed E-state index contributed by atoms with van der Waals surface area (Å²) in [5.41, 5.74) is 2.46. The van der Waals surface area contributed by atoms with Gasteiger partial charge in [0.1, 0.15) is 11.3 Å². The summed E-state index contributed by atoms with van der Waals surface area (Å²) in [6.07, 6.45) is 1.73. The van der Waals surface area contributed by atoms with Crippen LogP contribution >= 0.6 is 11.6 Å². The van der Waals surface area contributed by atoms with E-state index >= 15 is 0 Å². The normalized spacial score (nSPS) is 14.2. The Kier molecular flexibility index (Phi) is 6.25. The second kappa shape index (κ2) is 9.08. The number of aromatic nitrogens is 2. The molecular formula is C23H25ClN4O3. The Morgan fingerprint density at radius 3 is 2.65 bits per heavy atom. The first-order chi connectivity index (χ1) is 15.0. The number of nitrogens with one attached hydrogen (secondary N) is 1. The number of morpholine rings is 1. The summed E-state index contributed by atoms with van der Waals surface area (Å²) in [5.74, 6) is 0.769. The number of amides is 1. The maximum absolute atomic E-state index is 13.7. The Morgan fingerprint density at radius 2 is 1.97 bits per heavy atom. The predicted molar refractivity (Wildman–Crippen MR) is 122 cm³/mol. The van der Waals surface area contributed by atoms with Crippen LogP contribution in [0.15, 0.2) is 36.5 Å². The molecule has 0 spiro atoms. The molecule has 0 unspecified atom stereocenters. The lowest BCUT2D eigenvalue weighted by Gasteiger charge is -2.28. The van der Waals surface area contributed by atoms with Gasteiger partial charge in [0.25, 0.3) is 5.91 Å². The van der Waals surface area contributed by atoms with Gasteiger partial charge in [-0.3, -0.25) is 4.79 Å². The molecule has 2 aromatic carbocycles. The Labute approximate surface area is 186 Å². The van der Waals surface area contributed by atoms with E-state index in [2.05, 4.69) is 15.3 Å². The van der Waals surface area contributed by atoms with Crippen LogP contribution in [-0.2, 0) is 4.74 Å². The third-order valence-electron chi connectivity index (χ3n) is 5.12. The summed E-state index contributed by atoms with van der Waals surface area (Å²) in [5, 5.41) is 4.52. The van der Waals surface area contributed by atoms with Crippen molar-refractivity contribution < 1.29 is 14.3 Å². The molecule has 0 atom stereocenters. The van der Waals surface area contributed by atoms with Crippen LogP contribution in [0.3, 0.4) is 0 Å². The van der Waals surface area contributed by atoms with Crippen LogP contribution in [0.25, 0.3) is 22.0 Å². The second-order valence-electron chi connectivity index (χ2n) is 7.65. The van der Waals surface area contributed by atoms with Crippen molar-refractivity contribution in [3.63, 3.8) is 0 Å². The van der Waals surface area contributed by atoms with Crippen LogP contribution in [0, 0.1) is 0 Å². The van der Waals surface area contributed by atoms with Crippen molar-refractivity contribution in [2.45, 2.75) is 19.9 Å². The molecule has 3 aromatic rings. The maximum Gasteiger partial charge on any atom is 0.260 e. The molecule has 1 aliphatic rings. The van der Waals surface area contributed by atoms with Crippen molar-refractivity contribution in [1.29, 1.82) is 0 Å². The zero-order valence-electron chi connectivity index (χ0n) is 17.8. The molecule has 1 aliphatic heterocycles. The number of hydrogen-bond donors (Lipinski definition) is 1. The molecule has 4 rings (SSSR count). The predicted octanol–water partition coefficient (Wildman–Crippen LogP) is 4.25. The number of rotatable bonds is 5. The highest BCUT2D eigenvalue weighted by molar-refractivity contribution is 6.33. The second-order valence-corrected chi connectivity index (χ2v) is 8.05. The van der Waals surface area contributed by atoms with E-state index in [1.807, 2.05) is 44.2 Å². The fourth-order valence-electron chi connectivity index (χ4n) is 3.70. The number of halogens is 1. The van der Waals surface area contributed by atoms with Gasteiger partial charge in [-0.1, -0.05) is 29.8 Å². The number of carbonyl (C=O) groups is 1. The van der Waals surface area contributed by atoms with Gasteiger partial charge in [-0.15, -0.1) is 0 Å². The minimum absolute atomic E-state index is 0.145. The van der Waals surface area contributed by atoms with Gasteiger partial charge in [-0.2, -0.15) is 0 Å². The largest absolute Gasteiger partial charge is 0.495 e. The summed E-state index contributed by atoms with van der Waals surface area (Å²) in [4.78, 5) is 24.6. The van der Waals surface area contributed by atoms with Crippen LogP contribution in [0.5, 0.6) is 5.75 Å². The van der Waals surface area contributed by atoms with E-state index in [1.54, 1.807) is 18.2 Å². The topological polar surface area (TPSA) is 76.6 Å². The third-order valence-corrected chi connectivity index (χ3v) is 5.45. The van der Waals surface area contributed by atoms with Crippen molar-refractivity contribution in [3.05, 3.63) is 47.1 Å². The lowest BCUT2D eigenvalue weighted by Crippen LogP contribution is -2.41. The minimum Gasteiger partial charge on any atom is -0.495 e. The number of anilines is 1. The smallest absolute Gasteiger partial charge is 0.260 e. The minimum atomic E-state index is -0.145. The highest BCUT2D eigenvalue weighted by Gasteiger charge is 2.28. The third kappa shape index (κ3) is 4.29. The molecule has 2 heterocycles. The van der Waals surface area contributed by atoms with Crippen molar-refractivity contribution in [2.24, 2.45) is 0 Å². The lowest BCUT2D eigenvalue weighted by molar-refractivity contribution is 0.0302. The Balaban J connectivity index is 1.98. The first kappa shape index (κ1) is 21.3. The molecule has 162 valence electrons. The average molecular weight is 441 g/mol. The van der Waals surface area contributed by atoms with E-state index in [0.29, 0.717) is 54.1 Å². The van der Waals surface area contributed by atoms with Crippen molar-refractivity contribution in [2.75, 3.05) is 38.7 Å². The summed E-state index contributed by atoms with van der Waals surface area (Å²) >= 11 is 6.49. The molecule has 31 heavy (non-hydrogen) atoms. The van der Waals surface area contributed by atoms with E-state index in [9.17, 15) is 4.79 Å². The quantitative estimate of drug-likeness (QED) is 0.639. The molecule has 0 radical (unpaired) electrons. The number of nitrogens with zero attached hydrogens (tertiary/aromatic N) is 3. The zero-order chi connectivity index (χ0) is 22.0. The molecular weight excluding hydrogens is 416 g/mol. The van der Waals surface area contributed by atoms with Crippen LogP contribution < -0.4 is 10.1 Å². The van der Waals surface area contributed by atoms with Crippen molar-refractivity contribution in [1.82, 2.24) is 14.9 Å². The molecule has 0 aliphatic carbocycles. The fourth-order valence-corrected chi connectivity index (χ4v) is 3.94. The number of fused-ring (bicyclic) bond motifs is 1. The van der Waals surface area contributed by atoms with Gasteiger partial charge in [0.15, 0.2) is 0 Å². The summed E-state index contributed by atoms with van der Waals surface area (Å²) in [6, 6.07) is 9.57. The molecule has 0 bridgehead atoms. The standard InChI is InChI=1S/C23H25ClN4O3/c1-14(2)26-23-25-13-15-12-17(16-6-4-5-7-18(16)24)21(30-3)19(20(15)27-23)22(29)28-8-10-31-11-9-28/h4-7,12-14H,8-11H2,1-3H3,(H,25,26,27). The average Bonchev–Trinajstić information content (AvgIpc) is 2.78. The Hall–Kier alpha value is -2.90. The van der Waals surface area contributed by atoms with Crippen LogP contribution in [0.4, 0.5) is 5.95 Å². The first-order valence-corrected chi connectivity index (χ1v) is 10.6. The molecule has 0 saturated carbocycles. The van der Waals surface area contributed by atoms with Crippen LogP contribution in [0.2, 0.25) is 5.02 Å². The van der Waals surface area contributed by atoms with Crippen molar-refractivity contribution >= 4 is 34.4 Å². The highest BCUT2D eigenvalue weighted by atomic mass is 35.5. The number of carbonyl (C=O) groups excluding carboxylic acids is 1. The van der Waals surface area contributed by atoms with Gasteiger partial charge in [-0.25, -0.2) is 9.97 Å². The zero-order valence-corrected chi connectivity index (χ0v) is 18.6. The molecule has 1 N–H and O–H groups in total. The van der Waals surface area contributed by atoms with Crippen LogP contribution in [0.1, 0.15) is 24.2 Å². The van der Waals surface area contributed by atoms with Crippen LogP contribution in [-0.4, -0.2) is 60.2 Å². The number of ether oxygens (including phenoxy) is 2. The van der Waals surface area contributed by atoms with E-state index in [0.717, 1.165) is 16.5 Å². The Bertz CT molecular complexity index is 1110. The fraction of sp³-hybridized carbons (Fsp3) is 0.348. The molecule has 1 fully saturated rings. The highest BCUT2D eigenvalue weighted by Crippen LogP contribution is 2.41. The molecule has 8 heteroatoms. The Morgan fingerprint density at radius 1 is 1.23 bits per heavy atom. The number of methoxy groups -OCH3 is 1. The van der Waals surface area contributed by atoms with E-state index in [1.165, 1.54) is 0 Å². The van der Waals surface area contributed by atoms with Crippen molar-refractivity contribution in [3.8, 4) is 16.9 Å². The van der Waals surface area contributed by atoms with Gasteiger partial charge >= 0.3 is 0 Å². The van der Waals surface area contributed by atoms with E-state index in [4.69, 9.17) is 21.1 Å². The van der Waals surface area contributed by atoms with Gasteiger partial charge < -0.3 is 19.7 Å². The van der Waals surface area contributed by atoms with E-state index in [-0.39, 0.29) is 11.9 Å². The monoisotopic (exact) mass is 440 g/mol. The lowest BCUT2D eigenvalue weighted by atomic mass is 9.97. The van der Waals surface area contributed by atoms with Gasteiger partial charge in [-0.05, 0) is 26.0 Å².